The van der Waals surface area contributed by atoms with Gasteiger partial charge >= 0.3 is 6.03 Å². The minimum atomic E-state index is -0.804. The van der Waals surface area contributed by atoms with Gasteiger partial charge in [-0.05, 0) is 29.3 Å². The van der Waals surface area contributed by atoms with Crippen molar-refractivity contribution >= 4 is 11.7 Å². The molecule has 3 N–H and O–H groups in total. The molecule has 1 fully saturated rings. The number of benzene rings is 1. The number of rotatable bonds is 5. The number of nitrogens with zero attached hydrogens (tertiary/aromatic N) is 4. The standard InChI is InChI=1S/C16H22N6O3/c1-25-14-8-12(7-13(9-14)22-11-18-20-21-22)19-15(23)17-10-16(24)5-3-2-4-6-16/h7-9,11,24H,2-6,10H2,1H3,(H2,17,19,23). The Morgan fingerprint density at radius 2 is 2.12 bits per heavy atom. The lowest BCUT2D eigenvalue weighted by molar-refractivity contribution is 0.00755. The van der Waals surface area contributed by atoms with Gasteiger partial charge in [0.05, 0.1) is 18.4 Å². The molecule has 0 bridgehead atoms. The zero-order valence-corrected chi connectivity index (χ0v) is 14.1. The molecule has 9 heteroatoms. The van der Waals surface area contributed by atoms with Crippen LogP contribution in [0.15, 0.2) is 24.5 Å². The highest BCUT2D eigenvalue weighted by Crippen LogP contribution is 2.27. The van der Waals surface area contributed by atoms with Crippen molar-refractivity contribution in [2.75, 3.05) is 19.0 Å². The molecule has 0 radical (unpaired) electrons. The molecule has 3 rings (SSSR count). The average Bonchev–Trinajstić information content (AvgIpc) is 3.15. The third-order valence-corrected chi connectivity index (χ3v) is 4.36. The maximum absolute atomic E-state index is 12.2. The number of anilines is 1. The van der Waals surface area contributed by atoms with E-state index < -0.39 is 5.60 Å². The van der Waals surface area contributed by atoms with Crippen molar-refractivity contribution in [3.05, 3.63) is 24.5 Å². The van der Waals surface area contributed by atoms with E-state index in [9.17, 15) is 9.90 Å². The number of tetrazole rings is 1. The fourth-order valence-corrected chi connectivity index (χ4v) is 2.99. The molecule has 1 aromatic carbocycles. The highest BCUT2D eigenvalue weighted by molar-refractivity contribution is 5.89. The first-order valence-electron chi connectivity index (χ1n) is 8.28. The summed E-state index contributed by atoms with van der Waals surface area (Å²) in [5.74, 6) is 0.564. The van der Waals surface area contributed by atoms with Crippen LogP contribution >= 0.6 is 0 Å². The molecule has 9 nitrogen and oxygen atoms in total. The van der Waals surface area contributed by atoms with Crippen LogP contribution in [-0.4, -0.2) is 50.6 Å². The van der Waals surface area contributed by atoms with Gasteiger partial charge in [-0.25, -0.2) is 9.48 Å². The maximum atomic E-state index is 12.2. The first-order valence-corrected chi connectivity index (χ1v) is 8.28. The molecule has 134 valence electrons. The second kappa shape index (κ2) is 7.47. The predicted octanol–water partition coefficient (Wildman–Crippen LogP) is 1.49. The highest BCUT2D eigenvalue weighted by atomic mass is 16.5. The van der Waals surface area contributed by atoms with Gasteiger partial charge in [-0.3, -0.25) is 0 Å². The number of aliphatic hydroxyl groups is 1. The zero-order valence-electron chi connectivity index (χ0n) is 14.1. The fourth-order valence-electron chi connectivity index (χ4n) is 2.99. The summed E-state index contributed by atoms with van der Waals surface area (Å²) < 4.78 is 6.72. The molecule has 1 saturated carbocycles. The molecule has 0 aliphatic heterocycles. The number of ether oxygens (including phenoxy) is 1. The summed E-state index contributed by atoms with van der Waals surface area (Å²) in [6.45, 7) is 0.239. The summed E-state index contributed by atoms with van der Waals surface area (Å²) in [5, 5.41) is 27.0. The summed E-state index contributed by atoms with van der Waals surface area (Å²) in [7, 11) is 1.54. The molecule has 2 aromatic rings. The molecule has 1 aliphatic rings. The Labute approximate surface area is 145 Å². The smallest absolute Gasteiger partial charge is 0.319 e. The first-order chi connectivity index (χ1) is 12.1. The second-order valence-corrected chi connectivity index (χ2v) is 6.27. The van der Waals surface area contributed by atoms with E-state index >= 15 is 0 Å². The van der Waals surface area contributed by atoms with Crippen LogP contribution in [0.4, 0.5) is 10.5 Å². The van der Waals surface area contributed by atoms with Gasteiger partial charge < -0.3 is 20.5 Å². The molecule has 1 aliphatic carbocycles. The normalized spacial score (nSPS) is 16.2. The van der Waals surface area contributed by atoms with E-state index in [4.69, 9.17) is 4.74 Å². The van der Waals surface area contributed by atoms with Crippen LogP contribution in [0.1, 0.15) is 32.1 Å². The van der Waals surface area contributed by atoms with Crippen LogP contribution in [-0.2, 0) is 0 Å². The van der Waals surface area contributed by atoms with Crippen LogP contribution in [0.3, 0.4) is 0 Å². The van der Waals surface area contributed by atoms with Crippen LogP contribution in [0.25, 0.3) is 5.69 Å². The van der Waals surface area contributed by atoms with E-state index in [1.807, 2.05) is 0 Å². The SMILES string of the molecule is COc1cc(NC(=O)NCC2(O)CCCCC2)cc(-n2cnnn2)c1. The summed E-state index contributed by atoms with van der Waals surface area (Å²) in [5.41, 5.74) is 0.394. The number of hydrogen-bond acceptors (Lipinski definition) is 6. The minimum Gasteiger partial charge on any atom is -0.497 e. The number of hydrogen-bond donors (Lipinski definition) is 3. The van der Waals surface area contributed by atoms with Gasteiger partial charge in [0.15, 0.2) is 0 Å². The number of aromatic nitrogens is 4. The molecule has 0 atom stereocenters. The number of methoxy groups -OCH3 is 1. The van der Waals surface area contributed by atoms with Crippen molar-refractivity contribution in [3.63, 3.8) is 0 Å². The van der Waals surface area contributed by atoms with Gasteiger partial charge in [-0.1, -0.05) is 19.3 Å². The van der Waals surface area contributed by atoms with Gasteiger partial charge in [-0.15, -0.1) is 5.10 Å². The van der Waals surface area contributed by atoms with Gasteiger partial charge in [-0.2, -0.15) is 0 Å². The van der Waals surface area contributed by atoms with Gasteiger partial charge in [0.2, 0.25) is 0 Å². The van der Waals surface area contributed by atoms with Crippen LogP contribution in [0, 0.1) is 0 Å². The number of urea groups is 1. The van der Waals surface area contributed by atoms with Crippen LogP contribution < -0.4 is 15.4 Å². The fraction of sp³-hybridized carbons (Fsp3) is 0.500. The minimum absolute atomic E-state index is 0.239. The van der Waals surface area contributed by atoms with Gasteiger partial charge in [0.1, 0.15) is 12.1 Å². The molecule has 25 heavy (non-hydrogen) atoms. The molecular formula is C16H22N6O3. The Bertz CT molecular complexity index is 713. The van der Waals surface area contributed by atoms with Gasteiger partial charge in [0.25, 0.3) is 0 Å². The number of carbonyl (C=O) groups excluding carboxylic acids is 1. The van der Waals surface area contributed by atoms with E-state index in [2.05, 4.69) is 26.2 Å². The number of carbonyl (C=O) groups is 1. The van der Waals surface area contributed by atoms with E-state index in [0.29, 0.717) is 17.1 Å². The summed E-state index contributed by atoms with van der Waals surface area (Å²) in [6, 6.07) is 4.80. The molecule has 0 unspecified atom stereocenters. The van der Waals surface area contributed by atoms with Crippen LogP contribution in [0.2, 0.25) is 0 Å². The van der Waals surface area contributed by atoms with Crippen molar-refractivity contribution in [1.29, 1.82) is 0 Å². The van der Waals surface area contributed by atoms with Gasteiger partial charge in [0, 0.05) is 24.4 Å². The molecule has 0 spiro atoms. The second-order valence-electron chi connectivity index (χ2n) is 6.27. The van der Waals surface area contributed by atoms with E-state index in [1.54, 1.807) is 25.3 Å². The van der Waals surface area contributed by atoms with Crippen molar-refractivity contribution in [1.82, 2.24) is 25.5 Å². The van der Waals surface area contributed by atoms with Crippen LogP contribution in [0.5, 0.6) is 5.75 Å². The molecule has 2 amide bonds. The Balaban J connectivity index is 1.65. The molecule has 1 heterocycles. The van der Waals surface area contributed by atoms with Crippen molar-refractivity contribution < 1.29 is 14.6 Å². The summed E-state index contributed by atoms with van der Waals surface area (Å²) in [6.07, 6.45) is 6.01. The third kappa shape index (κ3) is 4.44. The van der Waals surface area contributed by atoms with Crippen molar-refractivity contribution in [3.8, 4) is 11.4 Å². The lowest BCUT2D eigenvalue weighted by Crippen LogP contribution is -2.45. The number of amides is 2. The Morgan fingerprint density at radius 1 is 1.32 bits per heavy atom. The lowest BCUT2D eigenvalue weighted by Gasteiger charge is -2.32. The third-order valence-electron chi connectivity index (χ3n) is 4.36. The Hall–Kier alpha value is -2.68. The monoisotopic (exact) mass is 346 g/mol. The zero-order chi connectivity index (χ0) is 17.7. The Morgan fingerprint density at radius 3 is 2.80 bits per heavy atom. The first kappa shape index (κ1) is 17.2. The largest absolute Gasteiger partial charge is 0.497 e. The Kier molecular flexibility index (Phi) is 5.13. The highest BCUT2D eigenvalue weighted by Gasteiger charge is 2.29. The topological polar surface area (TPSA) is 114 Å². The summed E-state index contributed by atoms with van der Waals surface area (Å²) >= 11 is 0. The van der Waals surface area contributed by atoms with E-state index in [1.165, 1.54) is 11.0 Å². The molecule has 1 aromatic heterocycles. The summed E-state index contributed by atoms with van der Waals surface area (Å²) in [4.78, 5) is 12.2. The maximum Gasteiger partial charge on any atom is 0.319 e. The molecule has 0 saturated heterocycles. The lowest BCUT2D eigenvalue weighted by atomic mass is 9.85. The van der Waals surface area contributed by atoms with Crippen molar-refractivity contribution in [2.24, 2.45) is 0 Å². The number of nitrogens with one attached hydrogen (secondary N) is 2. The quantitative estimate of drug-likeness (QED) is 0.756. The average molecular weight is 346 g/mol. The van der Waals surface area contributed by atoms with E-state index in [0.717, 1.165) is 32.1 Å². The van der Waals surface area contributed by atoms with Crippen molar-refractivity contribution in [2.45, 2.75) is 37.7 Å². The van der Waals surface area contributed by atoms with E-state index in [-0.39, 0.29) is 12.6 Å². The molecular weight excluding hydrogens is 324 g/mol. The predicted molar refractivity (Wildman–Crippen MR) is 90.8 cm³/mol.